The van der Waals surface area contributed by atoms with Gasteiger partial charge in [-0.1, -0.05) is 31.4 Å². The Morgan fingerprint density at radius 3 is 2.52 bits per heavy atom. The zero-order chi connectivity index (χ0) is 18.1. The van der Waals surface area contributed by atoms with Crippen LogP contribution in [0.5, 0.6) is 5.75 Å². The van der Waals surface area contributed by atoms with Crippen molar-refractivity contribution in [1.29, 1.82) is 5.26 Å². The molecule has 2 N–H and O–H groups in total. The van der Waals surface area contributed by atoms with Crippen LogP contribution in [0.2, 0.25) is 0 Å². The van der Waals surface area contributed by atoms with Crippen molar-refractivity contribution in [3.05, 3.63) is 35.4 Å². The monoisotopic (exact) mass is 341 g/mol. The van der Waals surface area contributed by atoms with E-state index in [0.717, 1.165) is 12.8 Å². The van der Waals surface area contributed by atoms with E-state index in [9.17, 15) is 9.59 Å². The normalized spacial score (nSPS) is 15.1. The lowest BCUT2D eigenvalue weighted by molar-refractivity contribution is -0.124. The SMILES string of the molecule is CNC(=O)/C(C#N)=C/c1ccc(OCC(=O)NC2CCCCC2)cc1. The second-order valence-electron chi connectivity index (χ2n) is 6.01. The van der Waals surface area contributed by atoms with E-state index in [2.05, 4.69) is 10.6 Å². The zero-order valence-corrected chi connectivity index (χ0v) is 14.4. The lowest BCUT2D eigenvalue weighted by atomic mass is 9.95. The van der Waals surface area contributed by atoms with Crippen LogP contribution in [-0.4, -0.2) is 31.5 Å². The minimum Gasteiger partial charge on any atom is -0.484 e. The Balaban J connectivity index is 1.85. The molecule has 1 saturated carbocycles. The first-order valence-electron chi connectivity index (χ1n) is 8.48. The Labute approximate surface area is 147 Å². The number of hydrogen-bond acceptors (Lipinski definition) is 4. The molecule has 1 aromatic rings. The standard InChI is InChI=1S/C19H23N3O3/c1-21-19(24)15(12-20)11-14-7-9-17(10-8-14)25-13-18(23)22-16-5-3-2-4-6-16/h7-11,16H,2-6,13H2,1H3,(H,21,24)(H,22,23)/b15-11+. The van der Waals surface area contributed by atoms with Gasteiger partial charge in [0, 0.05) is 13.1 Å². The molecular weight excluding hydrogens is 318 g/mol. The number of carbonyl (C=O) groups excluding carboxylic acids is 2. The molecule has 0 aliphatic heterocycles. The van der Waals surface area contributed by atoms with Crippen molar-refractivity contribution in [1.82, 2.24) is 10.6 Å². The van der Waals surface area contributed by atoms with E-state index in [0.29, 0.717) is 11.3 Å². The number of ether oxygens (including phenoxy) is 1. The van der Waals surface area contributed by atoms with Crippen LogP contribution in [0.15, 0.2) is 29.8 Å². The summed E-state index contributed by atoms with van der Waals surface area (Å²) in [6.45, 7) is -0.0205. The largest absolute Gasteiger partial charge is 0.484 e. The fraction of sp³-hybridized carbons (Fsp3) is 0.421. The first-order chi connectivity index (χ1) is 12.1. The van der Waals surface area contributed by atoms with Crippen LogP contribution in [0.3, 0.4) is 0 Å². The van der Waals surface area contributed by atoms with Gasteiger partial charge in [0.25, 0.3) is 11.8 Å². The Morgan fingerprint density at radius 2 is 1.92 bits per heavy atom. The van der Waals surface area contributed by atoms with Crippen LogP contribution in [0.4, 0.5) is 0 Å². The first kappa shape index (κ1) is 18.5. The average molecular weight is 341 g/mol. The Bertz CT molecular complexity index is 668. The number of nitriles is 1. The van der Waals surface area contributed by atoms with Gasteiger partial charge in [-0.25, -0.2) is 0 Å². The van der Waals surface area contributed by atoms with Gasteiger partial charge in [-0.05, 0) is 36.6 Å². The Kier molecular flexibility index (Phi) is 7.02. The number of carbonyl (C=O) groups is 2. The fourth-order valence-corrected chi connectivity index (χ4v) is 2.78. The molecule has 1 aliphatic carbocycles. The third-order valence-corrected chi connectivity index (χ3v) is 4.12. The second kappa shape index (κ2) is 9.48. The van der Waals surface area contributed by atoms with E-state index >= 15 is 0 Å². The Morgan fingerprint density at radius 1 is 1.24 bits per heavy atom. The van der Waals surface area contributed by atoms with Gasteiger partial charge < -0.3 is 15.4 Å². The molecule has 1 aromatic carbocycles. The summed E-state index contributed by atoms with van der Waals surface area (Å²) >= 11 is 0. The van der Waals surface area contributed by atoms with E-state index in [1.165, 1.54) is 32.4 Å². The molecule has 0 aromatic heterocycles. The molecule has 6 heteroatoms. The molecule has 25 heavy (non-hydrogen) atoms. The number of nitrogens with one attached hydrogen (secondary N) is 2. The molecular formula is C19H23N3O3. The van der Waals surface area contributed by atoms with Crippen LogP contribution in [0.25, 0.3) is 6.08 Å². The molecule has 2 amide bonds. The third-order valence-electron chi connectivity index (χ3n) is 4.12. The van der Waals surface area contributed by atoms with Crippen molar-refractivity contribution in [2.45, 2.75) is 38.1 Å². The van der Waals surface area contributed by atoms with Gasteiger partial charge in [-0.3, -0.25) is 9.59 Å². The lowest BCUT2D eigenvalue weighted by Gasteiger charge is -2.22. The first-order valence-corrected chi connectivity index (χ1v) is 8.48. The van der Waals surface area contributed by atoms with Crippen LogP contribution in [0, 0.1) is 11.3 Å². The third kappa shape index (κ3) is 5.96. The zero-order valence-electron chi connectivity index (χ0n) is 14.4. The summed E-state index contributed by atoms with van der Waals surface area (Å²) in [6, 6.07) is 9.00. The molecule has 2 rings (SSSR count). The van der Waals surface area contributed by atoms with Gasteiger partial charge in [0.2, 0.25) is 0 Å². The van der Waals surface area contributed by atoms with Crippen LogP contribution in [0.1, 0.15) is 37.7 Å². The minimum absolute atomic E-state index is 0.0205. The van der Waals surface area contributed by atoms with Gasteiger partial charge >= 0.3 is 0 Å². The van der Waals surface area contributed by atoms with Crippen molar-refractivity contribution in [2.75, 3.05) is 13.7 Å². The summed E-state index contributed by atoms with van der Waals surface area (Å²) in [5.74, 6) is 0.0267. The van der Waals surface area contributed by atoms with Crippen LogP contribution >= 0.6 is 0 Å². The van der Waals surface area contributed by atoms with Crippen molar-refractivity contribution in [3.8, 4) is 11.8 Å². The number of rotatable bonds is 6. The van der Waals surface area contributed by atoms with E-state index in [1.54, 1.807) is 24.3 Å². The number of amides is 2. The maximum Gasteiger partial charge on any atom is 0.261 e. The molecule has 0 spiro atoms. The van der Waals surface area contributed by atoms with Gasteiger partial charge in [-0.15, -0.1) is 0 Å². The lowest BCUT2D eigenvalue weighted by Crippen LogP contribution is -2.38. The molecule has 0 saturated heterocycles. The summed E-state index contributed by atoms with van der Waals surface area (Å²) in [5, 5.41) is 14.4. The Hall–Kier alpha value is -2.81. The summed E-state index contributed by atoms with van der Waals surface area (Å²) in [7, 11) is 1.48. The number of hydrogen-bond donors (Lipinski definition) is 2. The van der Waals surface area contributed by atoms with Crippen molar-refractivity contribution in [3.63, 3.8) is 0 Å². The number of likely N-dealkylation sites (N-methyl/N-ethyl adjacent to an activating group) is 1. The topological polar surface area (TPSA) is 91.2 Å². The maximum absolute atomic E-state index is 11.9. The average Bonchev–Trinajstić information content (AvgIpc) is 2.65. The summed E-state index contributed by atoms with van der Waals surface area (Å²) in [6.07, 6.45) is 7.16. The molecule has 0 heterocycles. The highest BCUT2D eigenvalue weighted by Crippen LogP contribution is 2.18. The van der Waals surface area contributed by atoms with E-state index in [-0.39, 0.29) is 24.1 Å². The highest BCUT2D eigenvalue weighted by Gasteiger charge is 2.15. The molecule has 6 nitrogen and oxygen atoms in total. The van der Waals surface area contributed by atoms with Crippen LogP contribution < -0.4 is 15.4 Å². The predicted molar refractivity (Wildman–Crippen MR) is 94.6 cm³/mol. The smallest absolute Gasteiger partial charge is 0.261 e. The summed E-state index contributed by atoms with van der Waals surface area (Å²) in [5.41, 5.74) is 0.738. The van der Waals surface area contributed by atoms with Gasteiger partial charge in [0.15, 0.2) is 6.61 Å². The summed E-state index contributed by atoms with van der Waals surface area (Å²) < 4.78 is 5.49. The highest BCUT2D eigenvalue weighted by molar-refractivity contribution is 6.01. The molecule has 0 radical (unpaired) electrons. The van der Waals surface area contributed by atoms with Gasteiger partial charge in [0.1, 0.15) is 17.4 Å². The maximum atomic E-state index is 11.9. The van der Waals surface area contributed by atoms with Crippen LogP contribution in [-0.2, 0) is 9.59 Å². The summed E-state index contributed by atoms with van der Waals surface area (Å²) in [4.78, 5) is 23.4. The molecule has 0 bridgehead atoms. The number of nitrogens with zero attached hydrogens (tertiary/aromatic N) is 1. The molecule has 0 atom stereocenters. The molecule has 1 fully saturated rings. The van der Waals surface area contributed by atoms with Crippen molar-refractivity contribution >= 4 is 17.9 Å². The molecule has 0 unspecified atom stereocenters. The fourth-order valence-electron chi connectivity index (χ4n) is 2.78. The van der Waals surface area contributed by atoms with Gasteiger partial charge in [0.05, 0.1) is 0 Å². The second-order valence-corrected chi connectivity index (χ2v) is 6.01. The quantitative estimate of drug-likeness (QED) is 0.613. The molecule has 132 valence electrons. The molecule has 1 aliphatic rings. The van der Waals surface area contributed by atoms with E-state index in [4.69, 9.17) is 10.00 Å². The van der Waals surface area contributed by atoms with E-state index < -0.39 is 5.91 Å². The number of benzene rings is 1. The van der Waals surface area contributed by atoms with E-state index in [1.807, 2.05) is 6.07 Å². The van der Waals surface area contributed by atoms with Crippen molar-refractivity contribution in [2.24, 2.45) is 0 Å². The minimum atomic E-state index is -0.429. The predicted octanol–water partition coefficient (Wildman–Crippen LogP) is 2.17. The van der Waals surface area contributed by atoms with Gasteiger partial charge in [-0.2, -0.15) is 5.26 Å². The van der Waals surface area contributed by atoms with Crippen molar-refractivity contribution < 1.29 is 14.3 Å². The highest BCUT2D eigenvalue weighted by atomic mass is 16.5.